The number of aromatic nitrogens is 14. The number of ether oxygens (including phenoxy) is 4. The molecule has 4 fully saturated rings. The van der Waals surface area contributed by atoms with Crippen LogP contribution in [0.3, 0.4) is 0 Å². The van der Waals surface area contributed by atoms with Gasteiger partial charge >= 0.3 is 24.7 Å². The Bertz CT molecular complexity index is 6140. The molecule has 44 heteroatoms. The summed E-state index contributed by atoms with van der Waals surface area (Å²) in [5, 5.41) is 8.09. The summed E-state index contributed by atoms with van der Waals surface area (Å²) in [6, 6.07) is 21.8. The monoisotopic (exact) mass is 1880 g/mol. The molecule has 0 radical (unpaired) electrons. The molecule has 0 bridgehead atoms. The van der Waals surface area contributed by atoms with Crippen LogP contribution in [0, 0.1) is 41.8 Å². The van der Waals surface area contributed by atoms with Gasteiger partial charge in [0.25, 0.3) is 47.1 Å². The molecule has 3 aromatic carbocycles. The van der Waals surface area contributed by atoms with Crippen molar-refractivity contribution in [1.29, 1.82) is 0 Å². The zero-order valence-corrected chi connectivity index (χ0v) is 71.1. The Balaban J connectivity index is 0.000000152. The SMILES string of the molecule is C[C@H]1[C@H](Oc2ncc(C(F)(F)F)cc2F)CCCN1C(=O)c1cccc(F)c1-c1ncccn1.C[C@H]1[C@H](Oc2ncc(C(F)(F)F)cc2F)CCCN1C(=O)c1ccccc1-c1ncc(F)cn1.C[C@H]1[C@H](Oc2ncc(C(F)(F)F)cc2F)CCCN1C(=O)c1ccccc1-c1ncccn1.Cc1cnc(-n2nccn2)c(C(=O)N2CCC[C@@H](Oc3ncc(C(F)(F)F)cc3F)[C@@H]2C)c1. The number of piperidine rings is 4. The van der Waals surface area contributed by atoms with E-state index in [1.54, 1.807) is 135 Å². The quantitative estimate of drug-likeness (QED) is 0.0812. The summed E-state index contributed by atoms with van der Waals surface area (Å²) < 4.78 is 261. The number of benzene rings is 3. The number of halogens is 18. The van der Waals surface area contributed by atoms with Crippen molar-refractivity contribution in [3.63, 3.8) is 0 Å². The third-order valence-electron chi connectivity index (χ3n) is 22.2. The van der Waals surface area contributed by atoms with Crippen molar-refractivity contribution in [2.24, 2.45) is 0 Å². The molecule has 0 unspecified atom stereocenters. The molecule has 4 saturated heterocycles. The molecule has 0 N–H and O–H groups in total. The molecule has 16 rings (SSSR count). The molecule has 12 aromatic rings. The predicted molar refractivity (Wildman–Crippen MR) is 440 cm³/mol. The van der Waals surface area contributed by atoms with E-state index in [4.69, 9.17) is 18.9 Å². The molecule has 0 spiro atoms. The highest BCUT2D eigenvalue weighted by molar-refractivity contribution is 6.02. The number of amides is 4. The van der Waals surface area contributed by atoms with Crippen molar-refractivity contribution in [2.45, 2.75) is 159 Å². The minimum atomic E-state index is -4.74. The average Bonchev–Trinajstić information content (AvgIpc) is 0.948. The molecule has 0 aliphatic carbocycles. The molecule has 8 atom stereocenters. The highest BCUT2D eigenvalue weighted by Gasteiger charge is 2.43. The topological polar surface area (TPSA) is 291 Å². The van der Waals surface area contributed by atoms with Crippen molar-refractivity contribution in [3.05, 3.63) is 275 Å². The Morgan fingerprint density at radius 3 is 0.985 bits per heavy atom. The zero-order valence-electron chi connectivity index (χ0n) is 71.1. The number of carbonyl (C=O) groups excluding carboxylic acids is 4. The lowest BCUT2D eigenvalue weighted by Gasteiger charge is -2.39. The Labute approximate surface area is 750 Å². The number of hydrogen-bond donors (Lipinski definition) is 0. The van der Waals surface area contributed by atoms with Crippen LogP contribution in [0.1, 0.15) is 148 Å². The third kappa shape index (κ3) is 23.0. The van der Waals surface area contributed by atoms with Gasteiger partial charge in [-0.1, -0.05) is 42.5 Å². The van der Waals surface area contributed by atoms with Gasteiger partial charge in [0.05, 0.1) is 99.0 Å². The first kappa shape index (κ1) is 97.1. The third-order valence-corrected chi connectivity index (χ3v) is 22.2. The predicted octanol–water partition coefficient (Wildman–Crippen LogP) is 18.2. The number of carbonyl (C=O) groups is 4. The van der Waals surface area contributed by atoms with Gasteiger partial charge in [0.2, 0.25) is 0 Å². The van der Waals surface area contributed by atoms with Crippen LogP contribution in [-0.2, 0) is 24.7 Å². The summed E-state index contributed by atoms with van der Waals surface area (Å²) in [6.07, 6.45) is -2.98. The fraction of sp³-hybridized carbons (Fsp3) is 0.322. The second-order valence-corrected chi connectivity index (χ2v) is 31.0. The summed E-state index contributed by atoms with van der Waals surface area (Å²) in [4.78, 5) is 104. The maximum atomic E-state index is 14.7. The Kier molecular flexibility index (Phi) is 30.2. The molecule has 26 nitrogen and oxygen atoms in total. The number of alkyl halides is 12. The number of rotatable bonds is 16. The van der Waals surface area contributed by atoms with Crippen LogP contribution in [0.15, 0.2) is 190 Å². The minimum Gasteiger partial charge on any atom is -0.470 e. The maximum Gasteiger partial charge on any atom is 0.417 e. The molecule has 4 aliphatic heterocycles. The van der Waals surface area contributed by atoms with Crippen LogP contribution in [0.5, 0.6) is 23.5 Å². The lowest BCUT2D eigenvalue weighted by atomic mass is 9.97. The van der Waals surface area contributed by atoms with Crippen LogP contribution < -0.4 is 18.9 Å². The second kappa shape index (κ2) is 41.6. The summed E-state index contributed by atoms with van der Waals surface area (Å²) >= 11 is 0. The molecular weight excluding hydrogens is 1800 g/mol. The maximum absolute atomic E-state index is 14.7. The first-order chi connectivity index (χ1) is 63.7. The number of likely N-dealkylation sites (tertiary alicyclic amines) is 4. The van der Waals surface area contributed by atoms with E-state index in [9.17, 15) is 98.2 Å². The molecule has 9 aromatic heterocycles. The Hall–Kier alpha value is -14.4. The minimum absolute atomic E-state index is 0.0428. The fourth-order valence-electron chi connectivity index (χ4n) is 15.3. The zero-order chi connectivity index (χ0) is 96.3. The van der Waals surface area contributed by atoms with Crippen LogP contribution in [0.4, 0.5) is 79.0 Å². The van der Waals surface area contributed by atoms with E-state index in [0.29, 0.717) is 155 Å². The van der Waals surface area contributed by atoms with Gasteiger partial charge in [-0.15, -0.1) is 4.80 Å². The summed E-state index contributed by atoms with van der Waals surface area (Å²) in [5.74, 6) is -8.90. The second-order valence-electron chi connectivity index (χ2n) is 31.0. The van der Waals surface area contributed by atoms with E-state index < -0.39 is 160 Å². The smallest absolute Gasteiger partial charge is 0.417 e. The number of aryl methyl sites for hydroxylation is 1. The first-order valence-corrected chi connectivity index (χ1v) is 41.4. The number of pyridine rings is 5. The van der Waals surface area contributed by atoms with Crippen molar-refractivity contribution in [2.75, 3.05) is 26.2 Å². The van der Waals surface area contributed by atoms with E-state index in [1.807, 2.05) is 0 Å². The Morgan fingerprint density at radius 2 is 0.642 bits per heavy atom. The Morgan fingerprint density at radius 1 is 0.328 bits per heavy atom. The van der Waals surface area contributed by atoms with Crippen LogP contribution >= 0.6 is 0 Å². The molecular formula is C90H78F18N18O8. The van der Waals surface area contributed by atoms with Gasteiger partial charge in [-0.05, 0) is 158 Å². The van der Waals surface area contributed by atoms with Crippen LogP contribution in [-0.4, -0.2) is 188 Å². The van der Waals surface area contributed by atoms with E-state index in [2.05, 4.69) is 65.0 Å². The highest BCUT2D eigenvalue weighted by Crippen LogP contribution is 2.40. The lowest BCUT2D eigenvalue weighted by Crippen LogP contribution is -2.51. The van der Waals surface area contributed by atoms with Crippen molar-refractivity contribution in [3.8, 4) is 63.5 Å². The van der Waals surface area contributed by atoms with Gasteiger partial charge in [-0.2, -0.15) is 62.9 Å². The van der Waals surface area contributed by atoms with Crippen molar-refractivity contribution < 1.29 is 117 Å². The highest BCUT2D eigenvalue weighted by atomic mass is 19.4. The van der Waals surface area contributed by atoms with Crippen molar-refractivity contribution in [1.82, 2.24) is 89.4 Å². The van der Waals surface area contributed by atoms with Crippen LogP contribution in [0.25, 0.3) is 40.0 Å². The van der Waals surface area contributed by atoms with E-state index in [0.717, 1.165) is 18.0 Å². The molecule has 4 amide bonds. The van der Waals surface area contributed by atoms with Crippen LogP contribution in [0.2, 0.25) is 0 Å². The van der Waals surface area contributed by atoms with Gasteiger partial charge in [0.1, 0.15) is 30.2 Å². The van der Waals surface area contributed by atoms with Gasteiger partial charge in [0.15, 0.2) is 52.4 Å². The molecule has 134 heavy (non-hydrogen) atoms. The largest absolute Gasteiger partial charge is 0.470 e. The van der Waals surface area contributed by atoms with E-state index in [-0.39, 0.29) is 51.9 Å². The van der Waals surface area contributed by atoms with Gasteiger partial charge in [-0.25, -0.2) is 81.2 Å². The average molecular weight is 1880 g/mol. The lowest BCUT2D eigenvalue weighted by molar-refractivity contribution is -0.138. The van der Waals surface area contributed by atoms with E-state index in [1.165, 1.54) is 52.7 Å². The standard InChI is InChI=1S/2C23H19F5N4O2.C23H20F4N4O2.C21H20F4N6O2/c1-13-18(34-21-17(25)11-14(12-31-21)23(26,27)28)7-3-10-32(13)22(33)15-5-2-6-16(24)19(15)20-29-8-4-9-30-20;1-13-19(34-21-18(25)9-14(10-31-21)23(26,27)28)7-4-8-32(13)22(33)17-6-3-2-5-16(17)20-29-11-15(24)12-30-20;1-14-19(33-21-18(24)12-15(13-30-21)23(25,26)27)8-4-11-31(14)22(32)17-7-3-2-6-16(17)20-28-9-5-10-29-20;1-12-8-15(18(26-10-12)31-28-5-6-29-31)20(32)30-7-3-4-17(13(30)2)33-19-16(22)9-14(11-27-19)21(23,24)25/h2,4-6,8-9,11-13,18H,3,7,10H2,1H3;2-3,5-6,9-13,19H,4,7-8H2,1H3;2-3,5-7,9-10,12-14,19H,4,8,11H2,1H3;5-6,8-11,13,17H,3-4,7H2,1-2H3/t13-,18+;13-,19+;14-,19+;13-,17+/m0000/s1. The van der Waals surface area contributed by atoms with Gasteiger partial charge in [-0.3, -0.25) is 19.2 Å². The number of nitrogens with zero attached hydrogens (tertiary/aromatic N) is 18. The van der Waals surface area contributed by atoms with Gasteiger partial charge in [0, 0.05) is 93.1 Å². The molecule has 13 heterocycles. The summed E-state index contributed by atoms with van der Waals surface area (Å²) in [6.45, 7) is 10.3. The normalized spacial score (nSPS) is 18.7. The molecule has 4 aliphatic rings. The van der Waals surface area contributed by atoms with Crippen molar-refractivity contribution >= 4 is 23.6 Å². The molecule has 0 saturated carbocycles. The fourth-order valence-corrected chi connectivity index (χ4v) is 15.3. The summed E-state index contributed by atoms with van der Waals surface area (Å²) in [5.41, 5.74) is -2.08. The summed E-state index contributed by atoms with van der Waals surface area (Å²) in [7, 11) is 0. The van der Waals surface area contributed by atoms with Gasteiger partial charge < -0.3 is 38.5 Å². The number of hydrogen-bond acceptors (Lipinski definition) is 21. The molecule has 702 valence electrons. The van der Waals surface area contributed by atoms with E-state index >= 15 is 0 Å². The first-order valence-electron chi connectivity index (χ1n) is 41.4.